The topological polar surface area (TPSA) is 134 Å². The number of nitrogens with zero attached hydrogens (tertiary/aromatic N) is 1. The number of ether oxygens (including phenoxy) is 1. The van der Waals surface area contributed by atoms with E-state index in [1.807, 2.05) is 13.8 Å². The first-order chi connectivity index (χ1) is 20.5. The molecule has 2 atom stereocenters. The lowest BCUT2D eigenvalue weighted by Crippen LogP contribution is -2.45. The van der Waals surface area contributed by atoms with Crippen LogP contribution in [0, 0.1) is 5.41 Å². The number of amides is 5. The van der Waals surface area contributed by atoms with Crippen molar-refractivity contribution in [2.24, 2.45) is 5.41 Å². The minimum absolute atomic E-state index is 0.0363. The van der Waals surface area contributed by atoms with Gasteiger partial charge < -0.3 is 20.7 Å². The fourth-order valence-electron chi connectivity index (χ4n) is 4.30. The molecule has 0 aliphatic carbocycles. The molecule has 1 saturated heterocycles. The third-order valence-electron chi connectivity index (χ3n) is 7.67. The predicted octanol–water partition coefficient (Wildman–Crippen LogP) is 3.47. The number of likely N-dealkylation sites (tertiary alicyclic amines) is 1. The first-order valence-electron chi connectivity index (χ1n) is 15.8. The molecule has 44 heavy (non-hydrogen) atoms. The molecule has 0 aromatic carbocycles. The van der Waals surface area contributed by atoms with E-state index in [1.165, 1.54) is 23.6 Å². The average molecular weight is 641 g/mol. The van der Waals surface area contributed by atoms with Crippen molar-refractivity contribution in [1.29, 1.82) is 0 Å². The Balaban J connectivity index is 2.31. The molecule has 13 heteroatoms. The van der Waals surface area contributed by atoms with E-state index in [2.05, 4.69) is 16.0 Å². The Hall–Kier alpha value is -2.15. The summed E-state index contributed by atoms with van der Waals surface area (Å²) >= 11 is 1.52. The minimum Gasteiger partial charge on any atom is -0.374 e. The molecule has 5 amide bonds. The summed E-state index contributed by atoms with van der Waals surface area (Å²) in [5, 5.41) is 7.85. The Labute approximate surface area is 268 Å². The highest BCUT2D eigenvalue weighted by Crippen LogP contribution is 2.27. The van der Waals surface area contributed by atoms with E-state index < -0.39 is 22.6 Å². The van der Waals surface area contributed by atoms with Crippen molar-refractivity contribution in [3.8, 4) is 0 Å². The van der Waals surface area contributed by atoms with Crippen molar-refractivity contribution in [2.45, 2.75) is 122 Å². The summed E-state index contributed by atoms with van der Waals surface area (Å²) in [6.07, 6.45) is 5.53. The minimum atomic E-state index is -1.55. The monoisotopic (exact) mass is 640 g/mol. The molecule has 10 nitrogen and oxygen atoms in total. The van der Waals surface area contributed by atoms with Gasteiger partial charge in [0.1, 0.15) is 5.67 Å². The summed E-state index contributed by atoms with van der Waals surface area (Å²) in [5.41, 5.74) is -3.03. The van der Waals surface area contributed by atoms with Crippen molar-refractivity contribution in [1.82, 2.24) is 20.9 Å². The third kappa shape index (κ3) is 15.7. The number of imide groups is 1. The van der Waals surface area contributed by atoms with Crippen molar-refractivity contribution in [2.75, 3.05) is 38.5 Å². The zero-order chi connectivity index (χ0) is 33.4. The average Bonchev–Trinajstić information content (AvgIpc) is 3.22. The predicted molar refractivity (Wildman–Crippen MR) is 173 cm³/mol. The standard InChI is InChI=1S/C31H54BFN4O6S/c1-7-31(6,33)21-25(39)35-16-17-36-28(42)29(2,3)22-43-30(4,5)13-15-34-24(38)12-18-37-26(40)20-23(27(37)41)44-19-11-9-8-10-14-32/h23H,7-22H2,1-6H3,(H,34,38)(H,35,39)(H,36,42). The molecule has 1 heterocycles. The van der Waals surface area contributed by atoms with Crippen molar-refractivity contribution >= 4 is 49.1 Å². The number of hydrogen-bond acceptors (Lipinski definition) is 7. The highest BCUT2D eigenvalue weighted by molar-refractivity contribution is 8.00. The smallest absolute Gasteiger partial charge is 0.242 e. The van der Waals surface area contributed by atoms with E-state index in [-0.39, 0.29) is 80.8 Å². The van der Waals surface area contributed by atoms with Gasteiger partial charge in [0.15, 0.2) is 0 Å². The van der Waals surface area contributed by atoms with Crippen LogP contribution in [0.4, 0.5) is 4.39 Å². The summed E-state index contributed by atoms with van der Waals surface area (Å²) < 4.78 is 20.0. The van der Waals surface area contributed by atoms with Crippen LogP contribution in [0.25, 0.3) is 0 Å². The fraction of sp³-hybridized carbons (Fsp3) is 0.839. The molecule has 1 aliphatic rings. The molecule has 250 valence electrons. The van der Waals surface area contributed by atoms with E-state index in [9.17, 15) is 28.4 Å². The van der Waals surface area contributed by atoms with Gasteiger partial charge in [-0.05, 0) is 59.6 Å². The largest absolute Gasteiger partial charge is 0.374 e. The second-order valence-corrected chi connectivity index (χ2v) is 14.3. The van der Waals surface area contributed by atoms with Crippen LogP contribution in [0.15, 0.2) is 0 Å². The van der Waals surface area contributed by atoms with Crippen LogP contribution in [0.1, 0.15) is 99.3 Å². The Morgan fingerprint density at radius 3 is 2.27 bits per heavy atom. The Kier molecular flexibility index (Phi) is 17.6. The number of unbranched alkanes of at least 4 members (excludes halogenated alkanes) is 3. The number of nitrogens with one attached hydrogen (secondary N) is 3. The van der Waals surface area contributed by atoms with Crippen molar-refractivity contribution in [3.05, 3.63) is 0 Å². The van der Waals surface area contributed by atoms with Crippen LogP contribution in [-0.4, -0.2) is 97.3 Å². The Morgan fingerprint density at radius 1 is 0.977 bits per heavy atom. The molecule has 3 N–H and O–H groups in total. The summed E-state index contributed by atoms with van der Waals surface area (Å²) in [6.45, 7) is 11.3. The lowest BCUT2D eigenvalue weighted by Gasteiger charge is -2.31. The van der Waals surface area contributed by atoms with E-state index in [0.29, 0.717) is 19.3 Å². The van der Waals surface area contributed by atoms with Gasteiger partial charge in [-0.2, -0.15) is 0 Å². The van der Waals surface area contributed by atoms with Crippen molar-refractivity contribution in [3.63, 3.8) is 0 Å². The fourth-order valence-corrected chi connectivity index (χ4v) is 5.49. The number of carbonyl (C=O) groups is 5. The number of halogens is 1. The molecule has 2 radical (unpaired) electrons. The first kappa shape index (κ1) is 39.9. The molecular weight excluding hydrogens is 586 g/mol. The number of carbonyl (C=O) groups excluding carboxylic acids is 5. The summed E-state index contributed by atoms with van der Waals surface area (Å²) in [5.74, 6) is -0.514. The van der Waals surface area contributed by atoms with Crippen LogP contribution in [0.3, 0.4) is 0 Å². The molecule has 0 bridgehead atoms. The van der Waals surface area contributed by atoms with Gasteiger partial charge in [-0.15, -0.1) is 11.8 Å². The lowest BCUT2D eigenvalue weighted by molar-refractivity contribution is -0.139. The number of alkyl halides is 1. The Morgan fingerprint density at radius 2 is 1.61 bits per heavy atom. The van der Waals surface area contributed by atoms with Gasteiger partial charge in [-0.25, -0.2) is 4.39 Å². The van der Waals surface area contributed by atoms with E-state index in [4.69, 9.17) is 12.6 Å². The lowest BCUT2D eigenvalue weighted by atomic mass is 9.93. The highest BCUT2D eigenvalue weighted by Gasteiger charge is 2.38. The second kappa shape index (κ2) is 19.4. The molecule has 2 unspecified atom stereocenters. The van der Waals surface area contributed by atoms with E-state index in [0.717, 1.165) is 31.4 Å². The van der Waals surface area contributed by atoms with E-state index >= 15 is 0 Å². The molecule has 0 spiro atoms. The van der Waals surface area contributed by atoms with Gasteiger partial charge >= 0.3 is 0 Å². The zero-order valence-electron chi connectivity index (χ0n) is 27.7. The second-order valence-electron chi connectivity index (χ2n) is 13.0. The molecule has 1 aliphatic heterocycles. The third-order valence-corrected chi connectivity index (χ3v) is 8.96. The van der Waals surface area contributed by atoms with Crippen LogP contribution < -0.4 is 16.0 Å². The number of hydrogen-bond donors (Lipinski definition) is 3. The molecule has 1 rings (SSSR count). The first-order valence-corrected chi connectivity index (χ1v) is 16.9. The van der Waals surface area contributed by atoms with Gasteiger partial charge in [0.25, 0.3) is 0 Å². The van der Waals surface area contributed by atoms with Gasteiger partial charge in [0.2, 0.25) is 29.5 Å². The molecule has 1 fully saturated rings. The maximum Gasteiger partial charge on any atom is 0.242 e. The SMILES string of the molecule is [B]CCCCCCSC1CC(=O)N(CCC(=O)NCCC(C)(C)OCC(C)(C)C(=O)NCCNC(=O)CC(C)(F)CC)C1=O. The molecule has 0 saturated carbocycles. The van der Waals surface area contributed by atoms with Gasteiger partial charge in [0.05, 0.1) is 37.1 Å². The quantitative estimate of drug-likeness (QED) is 0.0885. The van der Waals surface area contributed by atoms with Crippen LogP contribution in [-0.2, 0) is 28.7 Å². The normalized spacial score (nSPS) is 17.0. The van der Waals surface area contributed by atoms with Gasteiger partial charge in [-0.3, -0.25) is 28.9 Å². The summed E-state index contributed by atoms with van der Waals surface area (Å²) in [4.78, 5) is 63.2. The number of thioether (sulfide) groups is 1. The molecular formula is C31H54BFN4O6S. The van der Waals surface area contributed by atoms with Crippen LogP contribution in [0.2, 0.25) is 6.32 Å². The highest BCUT2D eigenvalue weighted by atomic mass is 32.2. The zero-order valence-corrected chi connectivity index (χ0v) is 28.5. The molecule has 0 aromatic rings. The number of rotatable bonds is 23. The maximum atomic E-state index is 14.0. The van der Waals surface area contributed by atoms with Gasteiger partial charge in [-0.1, -0.05) is 32.5 Å². The van der Waals surface area contributed by atoms with E-state index in [1.54, 1.807) is 20.8 Å². The van der Waals surface area contributed by atoms with Crippen molar-refractivity contribution < 1.29 is 33.1 Å². The summed E-state index contributed by atoms with van der Waals surface area (Å²) in [7, 11) is 5.50. The van der Waals surface area contributed by atoms with Gasteiger partial charge in [0, 0.05) is 39.0 Å². The van der Waals surface area contributed by atoms with Crippen LogP contribution in [0.5, 0.6) is 0 Å². The maximum absolute atomic E-state index is 14.0. The molecule has 0 aromatic heterocycles. The summed E-state index contributed by atoms with van der Waals surface area (Å²) in [6, 6.07) is 0. The van der Waals surface area contributed by atoms with Crippen LogP contribution >= 0.6 is 11.8 Å². The Bertz CT molecular complexity index is 965.